The molecule has 4 fully saturated rings. The van der Waals surface area contributed by atoms with Crippen molar-refractivity contribution in [3.63, 3.8) is 0 Å². The van der Waals surface area contributed by atoms with Gasteiger partial charge in [0.1, 0.15) is 23.7 Å². The lowest BCUT2D eigenvalue weighted by atomic mass is 9.90. The van der Waals surface area contributed by atoms with E-state index in [2.05, 4.69) is 87.3 Å². The summed E-state index contributed by atoms with van der Waals surface area (Å²) in [4.78, 5) is 74.3. The number of hydrogen-bond acceptors (Lipinski definition) is 9. The Morgan fingerprint density at radius 3 is 2.22 bits per heavy atom. The maximum Gasteiger partial charge on any atom is 0.407 e. The Morgan fingerprint density at radius 1 is 0.735 bits per heavy atom. The van der Waals surface area contributed by atoms with Crippen molar-refractivity contribution in [2.45, 2.75) is 75.2 Å². The van der Waals surface area contributed by atoms with Crippen molar-refractivity contribution in [3.05, 3.63) is 120 Å². The minimum absolute atomic E-state index is 0.0325. The van der Waals surface area contributed by atoms with Gasteiger partial charge in [-0.25, -0.2) is 19.6 Å². The zero-order chi connectivity index (χ0) is 46.5. The van der Waals surface area contributed by atoms with Gasteiger partial charge in [0, 0.05) is 36.8 Å². The van der Waals surface area contributed by atoms with E-state index in [1.807, 2.05) is 46.3 Å². The number of aromatic amines is 2. The Kier molecular flexibility index (Phi) is 11.5. The number of benzene rings is 5. The maximum absolute atomic E-state index is 14.5. The van der Waals surface area contributed by atoms with E-state index in [1.165, 1.54) is 14.2 Å². The number of alkyl carbamates (subject to hydrolysis) is 2. The number of likely N-dealkylation sites (tertiary alicyclic amines) is 2. The molecule has 5 heterocycles. The predicted octanol–water partition coefficient (Wildman–Crippen LogP) is 8.89. The molecule has 348 valence electrons. The highest BCUT2D eigenvalue weighted by Gasteiger charge is 2.51. The number of rotatable bonds is 10. The van der Waals surface area contributed by atoms with Crippen LogP contribution >= 0.6 is 0 Å². The van der Waals surface area contributed by atoms with Gasteiger partial charge in [-0.1, -0.05) is 72.8 Å². The molecular formula is C53H54N8O7. The molecule has 2 bridgehead atoms. The van der Waals surface area contributed by atoms with Gasteiger partial charge in [0.2, 0.25) is 5.91 Å². The molecular weight excluding hydrogens is 861 g/mol. The maximum atomic E-state index is 14.5. The number of carbonyl (C=O) groups excluding carboxylic acids is 4. The van der Waals surface area contributed by atoms with Crippen molar-refractivity contribution in [3.8, 4) is 22.4 Å². The Balaban J connectivity index is 0.820. The summed E-state index contributed by atoms with van der Waals surface area (Å²) in [7, 11) is 2.62. The topological polar surface area (TPSA) is 184 Å². The number of fused-ring (bicyclic) bond motifs is 6. The fourth-order valence-corrected chi connectivity index (χ4v) is 11.4. The van der Waals surface area contributed by atoms with E-state index in [9.17, 15) is 19.2 Å². The Morgan fingerprint density at radius 2 is 1.44 bits per heavy atom. The molecule has 7 aromatic rings. The summed E-state index contributed by atoms with van der Waals surface area (Å²) in [6.07, 6.45) is 6.40. The van der Waals surface area contributed by atoms with Crippen LogP contribution in [0.5, 0.6) is 0 Å². The minimum atomic E-state index is -0.884. The average Bonchev–Trinajstić information content (AvgIpc) is 4.26. The fourth-order valence-electron chi connectivity index (χ4n) is 11.4. The third-order valence-corrected chi connectivity index (χ3v) is 14.8. The first-order valence-corrected chi connectivity index (χ1v) is 23.7. The van der Waals surface area contributed by atoms with Gasteiger partial charge in [-0.15, -0.1) is 0 Å². The second-order valence-electron chi connectivity index (χ2n) is 18.6. The van der Waals surface area contributed by atoms with Crippen molar-refractivity contribution in [2.75, 3.05) is 34.0 Å². The lowest BCUT2D eigenvalue weighted by Crippen LogP contribution is -2.53. The van der Waals surface area contributed by atoms with E-state index in [0.29, 0.717) is 38.2 Å². The summed E-state index contributed by atoms with van der Waals surface area (Å²) >= 11 is 0. The van der Waals surface area contributed by atoms with Gasteiger partial charge in [-0.2, -0.15) is 0 Å². The van der Waals surface area contributed by atoms with Crippen LogP contribution in [-0.4, -0.2) is 99.8 Å². The van der Waals surface area contributed by atoms with Crippen LogP contribution in [0, 0.1) is 11.8 Å². The summed E-state index contributed by atoms with van der Waals surface area (Å²) in [6.45, 7) is 1.70. The molecule has 3 aliphatic heterocycles. The number of H-pyrrole nitrogens is 2. The first-order valence-electron chi connectivity index (χ1n) is 23.7. The number of methoxy groups -OCH3 is 2. The summed E-state index contributed by atoms with van der Waals surface area (Å²) in [5.41, 5.74) is 6.52. The van der Waals surface area contributed by atoms with Crippen LogP contribution in [0.1, 0.15) is 80.3 Å². The van der Waals surface area contributed by atoms with E-state index in [0.717, 1.165) is 98.7 Å². The summed E-state index contributed by atoms with van der Waals surface area (Å²) in [5.74, 6) is 1.45. The Bertz CT molecular complexity index is 3050. The first-order chi connectivity index (χ1) is 33.2. The Labute approximate surface area is 392 Å². The van der Waals surface area contributed by atoms with Crippen LogP contribution in [0.25, 0.3) is 55.0 Å². The van der Waals surface area contributed by atoms with Crippen LogP contribution in [0.3, 0.4) is 0 Å². The van der Waals surface area contributed by atoms with Gasteiger partial charge in [-0.05, 0) is 114 Å². The molecule has 4 N–H and O–H groups in total. The number of ether oxygens (including phenoxy) is 3. The molecule has 1 saturated carbocycles. The number of aromatic nitrogens is 4. The smallest absolute Gasteiger partial charge is 0.407 e. The molecule has 3 saturated heterocycles. The standard InChI is InChI=1S/C53H54N8O7/c1-66-52(64)58-44(31-20-23-68-24-21-31)50(62)60-22-6-9-43(60)48-54-29-42(56-48)37-13-12-33-25-32(10-11-34(33)27-37)35-15-18-40-36(26-35)16-19-41-46(40)57-49(55-41)47-38-14-17-39(28-38)61(47)51(63)45(59-53(65)67-2)30-7-4-3-5-8-30/h3-5,7-8,10-13,15-16,18-19,25-27,29,31,38-39,43-45,47H,6,9,14,17,20-24,28H2,1-2H3,(H,54,56)(H,55,57)(H,58,64)(H,59,65)/t38-,39+,43-,44-,45?,47?/m0/s1. The number of imidazole rings is 2. The molecule has 6 atom stereocenters. The van der Waals surface area contributed by atoms with Gasteiger partial charge < -0.3 is 44.6 Å². The Hall–Kier alpha value is -7.26. The van der Waals surface area contributed by atoms with Gasteiger partial charge in [-0.3, -0.25) is 9.59 Å². The molecule has 5 aromatic carbocycles. The quantitative estimate of drug-likeness (QED) is 0.104. The van der Waals surface area contributed by atoms with E-state index in [1.54, 1.807) is 0 Å². The van der Waals surface area contributed by atoms with E-state index >= 15 is 0 Å². The molecule has 11 rings (SSSR count). The van der Waals surface area contributed by atoms with Crippen molar-refractivity contribution in [1.29, 1.82) is 0 Å². The molecule has 68 heavy (non-hydrogen) atoms. The van der Waals surface area contributed by atoms with Gasteiger partial charge in [0.25, 0.3) is 5.91 Å². The highest BCUT2D eigenvalue weighted by Crippen LogP contribution is 2.51. The largest absolute Gasteiger partial charge is 0.453 e. The van der Waals surface area contributed by atoms with Crippen LogP contribution < -0.4 is 10.6 Å². The lowest BCUT2D eigenvalue weighted by molar-refractivity contribution is -0.138. The van der Waals surface area contributed by atoms with Crippen molar-refractivity contribution >= 4 is 56.6 Å². The number of piperidine rings is 1. The van der Waals surface area contributed by atoms with Crippen LogP contribution in [0.15, 0.2) is 103 Å². The zero-order valence-electron chi connectivity index (χ0n) is 38.1. The average molecular weight is 915 g/mol. The molecule has 4 amide bonds. The fraction of sp³-hybridized carbons (Fsp3) is 0.358. The predicted molar refractivity (Wildman–Crippen MR) is 256 cm³/mol. The number of nitrogens with zero attached hydrogens (tertiary/aromatic N) is 4. The van der Waals surface area contributed by atoms with Gasteiger partial charge in [0.05, 0.1) is 49.2 Å². The molecule has 4 aliphatic rings. The number of carbonyl (C=O) groups is 4. The molecule has 2 aromatic heterocycles. The third kappa shape index (κ3) is 7.97. The summed E-state index contributed by atoms with van der Waals surface area (Å²) in [5, 5.41) is 9.90. The summed E-state index contributed by atoms with van der Waals surface area (Å²) in [6, 6.07) is 30.9. The normalized spacial score (nSPS) is 21.3. The molecule has 1 aliphatic carbocycles. The van der Waals surface area contributed by atoms with Crippen LogP contribution in [-0.2, 0) is 23.8 Å². The van der Waals surface area contributed by atoms with Gasteiger partial charge >= 0.3 is 12.2 Å². The zero-order valence-corrected chi connectivity index (χ0v) is 38.1. The summed E-state index contributed by atoms with van der Waals surface area (Å²) < 4.78 is 15.4. The third-order valence-electron chi connectivity index (χ3n) is 14.8. The number of nitrogens with one attached hydrogen (secondary N) is 4. The van der Waals surface area contributed by atoms with E-state index in [4.69, 9.17) is 24.2 Å². The number of amides is 4. The molecule has 2 unspecified atom stereocenters. The van der Waals surface area contributed by atoms with Gasteiger partial charge in [0.15, 0.2) is 0 Å². The second kappa shape index (κ2) is 18.1. The van der Waals surface area contributed by atoms with Crippen molar-refractivity contribution in [1.82, 2.24) is 40.4 Å². The van der Waals surface area contributed by atoms with E-state index in [-0.39, 0.29) is 41.8 Å². The van der Waals surface area contributed by atoms with Crippen molar-refractivity contribution in [2.24, 2.45) is 11.8 Å². The monoisotopic (exact) mass is 914 g/mol. The van der Waals surface area contributed by atoms with Crippen LogP contribution in [0.4, 0.5) is 9.59 Å². The molecule has 15 heteroatoms. The van der Waals surface area contributed by atoms with E-state index < -0.39 is 24.3 Å². The SMILES string of the molecule is COC(=O)NC(C(=O)N1C(c2nc3c(ccc4cc(-c5ccc6cc(-c7cnc([C@@H]8CCCN8C(=O)[C@@H](NC(=O)OC)C8CCOCC8)[nH]7)ccc6c5)ccc43)[nH]2)[C@H]2CC[C@@H]1C2)c1ccccc1. The molecule has 0 radical (unpaired) electrons. The highest BCUT2D eigenvalue weighted by molar-refractivity contribution is 6.06. The number of hydrogen-bond donors (Lipinski definition) is 4. The first kappa shape index (κ1) is 43.3. The van der Waals surface area contributed by atoms with Crippen molar-refractivity contribution < 1.29 is 33.4 Å². The second-order valence-corrected chi connectivity index (χ2v) is 18.6. The lowest BCUT2D eigenvalue weighted by Gasteiger charge is -2.36. The molecule has 15 nitrogen and oxygen atoms in total. The molecule has 0 spiro atoms. The minimum Gasteiger partial charge on any atom is -0.453 e. The highest BCUT2D eigenvalue weighted by atomic mass is 16.5. The van der Waals surface area contributed by atoms with Crippen LogP contribution in [0.2, 0.25) is 0 Å².